The number of benzene rings is 1. The third-order valence-electron chi connectivity index (χ3n) is 4.19. The van der Waals surface area contributed by atoms with Crippen molar-refractivity contribution in [2.75, 3.05) is 25.5 Å². The molecule has 0 aliphatic carbocycles. The van der Waals surface area contributed by atoms with Crippen LogP contribution >= 0.6 is 15.9 Å². The number of piperidine rings is 1. The van der Waals surface area contributed by atoms with Crippen LogP contribution in [0.2, 0.25) is 0 Å². The number of nitrogens with one attached hydrogen (secondary N) is 1. The summed E-state index contributed by atoms with van der Waals surface area (Å²) in [5, 5.41) is 3.41. The number of hydrogen-bond acceptors (Lipinski definition) is 4. The quantitative estimate of drug-likeness (QED) is 0.842. The van der Waals surface area contributed by atoms with Crippen LogP contribution in [0, 0.1) is 0 Å². The molecule has 116 valence electrons. The Morgan fingerprint density at radius 2 is 1.86 bits per heavy atom. The lowest BCUT2D eigenvalue weighted by atomic mass is 9.86. The normalized spacial score (nSPS) is 18.5. The van der Waals surface area contributed by atoms with Crippen LogP contribution in [-0.2, 0) is 9.53 Å². The van der Waals surface area contributed by atoms with Crippen molar-refractivity contribution in [2.24, 2.45) is 0 Å². The molecule has 1 heterocycles. The van der Waals surface area contributed by atoms with Gasteiger partial charge in [-0.3, -0.25) is 0 Å². The highest BCUT2D eigenvalue weighted by Crippen LogP contribution is 2.29. The van der Waals surface area contributed by atoms with Gasteiger partial charge in [-0.2, -0.15) is 0 Å². The lowest BCUT2D eigenvalue weighted by Crippen LogP contribution is -2.56. The zero-order valence-corrected chi connectivity index (χ0v) is 14.4. The molecule has 1 saturated heterocycles. The summed E-state index contributed by atoms with van der Waals surface area (Å²) in [5.41, 5.74) is 0.329. The number of carbonyl (C=O) groups excluding carboxylic acids is 1. The van der Waals surface area contributed by atoms with Crippen LogP contribution in [0.5, 0.6) is 0 Å². The van der Waals surface area contributed by atoms with Crippen molar-refractivity contribution in [3.63, 3.8) is 0 Å². The van der Waals surface area contributed by atoms with E-state index in [4.69, 9.17) is 4.74 Å². The molecule has 0 radical (unpaired) electrons. The zero-order valence-electron chi connectivity index (χ0n) is 12.9. The van der Waals surface area contributed by atoms with E-state index in [0.717, 1.165) is 36.1 Å². The Hall–Kier alpha value is -1.07. The van der Waals surface area contributed by atoms with E-state index < -0.39 is 5.54 Å². The smallest absolute Gasteiger partial charge is 0.331 e. The second kappa shape index (κ2) is 6.79. The van der Waals surface area contributed by atoms with Gasteiger partial charge in [0.05, 0.1) is 7.11 Å². The number of carbonyl (C=O) groups is 1. The number of hydrogen-bond donors (Lipinski definition) is 1. The average Bonchev–Trinajstić information content (AvgIpc) is 2.49. The van der Waals surface area contributed by atoms with Gasteiger partial charge >= 0.3 is 5.97 Å². The van der Waals surface area contributed by atoms with Crippen molar-refractivity contribution in [3.8, 4) is 0 Å². The van der Waals surface area contributed by atoms with Crippen LogP contribution < -0.4 is 5.32 Å². The highest BCUT2D eigenvalue weighted by atomic mass is 79.9. The van der Waals surface area contributed by atoms with Gasteiger partial charge in [-0.05, 0) is 51.0 Å². The first-order valence-corrected chi connectivity index (χ1v) is 8.12. The standard InChI is InChI=1S/C16H23BrN2O2/c1-12(2)19-10-8-16(9-11-19,15(20)21-3)18-14-6-4-13(17)5-7-14/h4-7,12,18H,8-11H2,1-3H3. The largest absolute Gasteiger partial charge is 0.467 e. The first-order chi connectivity index (χ1) is 9.97. The highest BCUT2D eigenvalue weighted by Gasteiger charge is 2.42. The van der Waals surface area contributed by atoms with Crippen molar-refractivity contribution in [1.29, 1.82) is 0 Å². The van der Waals surface area contributed by atoms with E-state index in [9.17, 15) is 4.79 Å². The van der Waals surface area contributed by atoms with E-state index in [1.165, 1.54) is 7.11 Å². The van der Waals surface area contributed by atoms with Crippen molar-refractivity contribution in [2.45, 2.75) is 38.3 Å². The second-order valence-corrected chi connectivity index (χ2v) is 6.75. The Kier molecular flexibility index (Phi) is 5.27. The summed E-state index contributed by atoms with van der Waals surface area (Å²) >= 11 is 3.42. The molecule has 0 amide bonds. The van der Waals surface area contributed by atoms with Crippen LogP contribution in [0.15, 0.2) is 28.7 Å². The van der Waals surface area contributed by atoms with Crippen LogP contribution in [0.3, 0.4) is 0 Å². The van der Waals surface area contributed by atoms with Gasteiger partial charge < -0.3 is 15.0 Å². The highest BCUT2D eigenvalue weighted by molar-refractivity contribution is 9.10. The van der Waals surface area contributed by atoms with E-state index in [2.05, 4.69) is 40.0 Å². The lowest BCUT2D eigenvalue weighted by Gasteiger charge is -2.42. The number of ether oxygens (including phenoxy) is 1. The Bertz CT molecular complexity index is 480. The second-order valence-electron chi connectivity index (χ2n) is 5.84. The van der Waals surface area contributed by atoms with Gasteiger partial charge in [0.2, 0.25) is 0 Å². The molecule has 0 bridgehead atoms. The Balaban J connectivity index is 2.15. The van der Waals surface area contributed by atoms with Crippen molar-refractivity contribution in [3.05, 3.63) is 28.7 Å². The molecular formula is C16H23BrN2O2. The first-order valence-electron chi connectivity index (χ1n) is 7.33. The number of esters is 1. The van der Waals surface area contributed by atoms with Crippen molar-refractivity contribution in [1.82, 2.24) is 4.90 Å². The van der Waals surface area contributed by atoms with Gasteiger partial charge in [-0.1, -0.05) is 15.9 Å². The maximum absolute atomic E-state index is 12.3. The Labute approximate surface area is 135 Å². The van der Waals surface area contributed by atoms with Crippen molar-refractivity contribution >= 4 is 27.6 Å². The number of anilines is 1. The van der Waals surface area contributed by atoms with Crippen LogP contribution in [0.4, 0.5) is 5.69 Å². The molecule has 5 heteroatoms. The monoisotopic (exact) mass is 354 g/mol. The van der Waals surface area contributed by atoms with Gasteiger partial charge in [0, 0.05) is 29.3 Å². The number of rotatable bonds is 4. The van der Waals surface area contributed by atoms with E-state index in [0.29, 0.717) is 6.04 Å². The number of likely N-dealkylation sites (tertiary alicyclic amines) is 1. The van der Waals surface area contributed by atoms with E-state index in [1.807, 2.05) is 24.3 Å². The molecule has 0 unspecified atom stereocenters. The Morgan fingerprint density at radius 3 is 2.33 bits per heavy atom. The Morgan fingerprint density at radius 1 is 1.29 bits per heavy atom. The number of nitrogens with zero attached hydrogens (tertiary/aromatic N) is 1. The number of halogens is 1. The summed E-state index contributed by atoms with van der Waals surface area (Å²) in [6, 6.07) is 8.40. The summed E-state index contributed by atoms with van der Waals surface area (Å²) in [5.74, 6) is -0.172. The predicted molar refractivity (Wildman–Crippen MR) is 88.5 cm³/mol. The van der Waals surface area contributed by atoms with Gasteiger partial charge in [0.1, 0.15) is 5.54 Å². The minimum Gasteiger partial charge on any atom is -0.467 e. The molecule has 2 rings (SSSR count). The van der Waals surface area contributed by atoms with Gasteiger partial charge in [0.25, 0.3) is 0 Å². The molecule has 0 saturated carbocycles. The van der Waals surface area contributed by atoms with Gasteiger partial charge in [-0.15, -0.1) is 0 Å². The molecule has 0 aromatic heterocycles. The molecule has 21 heavy (non-hydrogen) atoms. The van der Waals surface area contributed by atoms with Crippen LogP contribution in [0.1, 0.15) is 26.7 Å². The minimum absolute atomic E-state index is 0.172. The molecule has 0 spiro atoms. The fourth-order valence-corrected chi connectivity index (χ4v) is 3.07. The average molecular weight is 355 g/mol. The molecule has 1 aromatic carbocycles. The van der Waals surface area contributed by atoms with E-state index >= 15 is 0 Å². The molecular weight excluding hydrogens is 332 g/mol. The topological polar surface area (TPSA) is 41.6 Å². The summed E-state index contributed by atoms with van der Waals surface area (Å²) in [4.78, 5) is 14.7. The molecule has 4 nitrogen and oxygen atoms in total. The van der Waals surface area contributed by atoms with Crippen molar-refractivity contribution < 1.29 is 9.53 Å². The molecule has 1 fully saturated rings. The van der Waals surface area contributed by atoms with Crippen LogP contribution in [-0.4, -0.2) is 42.6 Å². The fourth-order valence-electron chi connectivity index (χ4n) is 2.81. The lowest BCUT2D eigenvalue weighted by molar-refractivity contribution is -0.148. The summed E-state index contributed by atoms with van der Waals surface area (Å²) in [6.45, 7) is 6.17. The molecule has 1 aliphatic heterocycles. The maximum Gasteiger partial charge on any atom is 0.331 e. The summed E-state index contributed by atoms with van der Waals surface area (Å²) in [7, 11) is 1.46. The minimum atomic E-state index is -0.617. The van der Waals surface area contributed by atoms with E-state index in [1.54, 1.807) is 0 Å². The predicted octanol–water partition coefficient (Wildman–Crippen LogP) is 3.28. The van der Waals surface area contributed by atoms with Gasteiger partial charge in [-0.25, -0.2) is 4.79 Å². The summed E-state index contributed by atoms with van der Waals surface area (Å²) in [6.07, 6.45) is 1.52. The molecule has 1 aliphatic rings. The summed E-state index contributed by atoms with van der Waals surface area (Å²) < 4.78 is 6.08. The maximum atomic E-state index is 12.3. The third-order valence-corrected chi connectivity index (χ3v) is 4.71. The SMILES string of the molecule is COC(=O)C1(Nc2ccc(Br)cc2)CCN(C(C)C)CC1. The molecule has 0 atom stereocenters. The first kappa shape index (κ1) is 16.3. The third kappa shape index (κ3) is 3.77. The zero-order chi connectivity index (χ0) is 15.5. The van der Waals surface area contributed by atoms with Crippen LogP contribution in [0.25, 0.3) is 0 Å². The molecule has 1 N–H and O–H groups in total. The fraction of sp³-hybridized carbons (Fsp3) is 0.562. The van der Waals surface area contributed by atoms with E-state index in [-0.39, 0.29) is 5.97 Å². The molecule has 1 aromatic rings. The number of methoxy groups -OCH3 is 1. The van der Waals surface area contributed by atoms with Gasteiger partial charge in [0.15, 0.2) is 0 Å².